The topological polar surface area (TPSA) is 86.6 Å². The lowest BCUT2D eigenvalue weighted by Crippen LogP contribution is -2.21. The monoisotopic (exact) mass is 279 g/mol. The molecule has 0 aliphatic rings. The molecule has 0 unspecified atom stereocenters. The summed E-state index contributed by atoms with van der Waals surface area (Å²) in [4.78, 5) is 19.0. The zero-order valence-electron chi connectivity index (χ0n) is 9.65. The summed E-state index contributed by atoms with van der Waals surface area (Å²) in [5.41, 5.74) is 1.10. The van der Waals surface area contributed by atoms with Gasteiger partial charge in [-0.3, -0.25) is 4.79 Å². The van der Waals surface area contributed by atoms with E-state index in [9.17, 15) is 18.0 Å². The van der Waals surface area contributed by atoms with Gasteiger partial charge in [-0.2, -0.15) is 13.2 Å². The van der Waals surface area contributed by atoms with Crippen LogP contribution in [0.4, 0.5) is 13.2 Å². The molecule has 0 aromatic heterocycles. The zero-order valence-corrected chi connectivity index (χ0v) is 9.65. The summed E-state index contributed by atoms with van der Waals surface area (Å²) in [5.74, 6) is -3.58. The number of hydrogen-bond acceptors (Lipinski definition) is 3. The van der Waals surface area contributed by atoms with Crippen LogP contribution < -0.4 is 5.32 Å². The minimum atomic E-state index is -5.08. The van der Waals surface area contributed by atoms with E-state index in [1.807, 2.05) is 30.3 Å². The van der Waals surface area contributed by atoms with Gasteiger partial charge in [0.1, 0.15) is 0 Å². The number of carboxylic acids is 2. The van der Waals surface area contributed by atoms with Gasteiger partial charge < -0.3 is 15.5 Å². The molecule has 8 heteroatoms. The van der Waals surface area contributed by atoms with E-state index < -0.39 is 18.1 Å². The molecule has 0 fully saturated rings. The predicted molar refractivity (Wildman–Crippen MR) is 59.5 cm³/mol. The highest BCUT2D eigenvalue weighted by Gasteiger charge is 2.38. The molecule has 0 heterocycles. The Morgan fingerprint density at radius 2 is 1.58 bits per heavy atom. The largest absolute Gasteiger partial charge is 0.490 e. The number of alkyl halides is 3. The van der Waals surface area contributed by atoms with Crippen molar-refractivity contribution < 1.29 is 33.0 Å². The third kappa shape index (κ3) is 9.60. The number of hydrogen-bond donors (Lipinski definition) is 3. The second-order valence-corrected chi connectivity index (χ2v) is 3.29. The van der Waals surface area contributed by atoms with Gasteiger partial charge in [0, 0.05) is 6.54 Å². The first kappa shape index (κ1) is 16.9. The number of nitrogens with one attached hydrogen (secondary N) is 1. The van der Waals surface area contributed by atoms with Gasteiger partial charge in [0.2, 0.25) is 0 Å². The highest BCUT2D eigenvalue weighted by molar-refractivity contribution is 5.73. The maximum Gasteiger partial charge on any atom is 0.490 e. The molecule has 3 N–H and O–H groups in total. The zero-order chi connectivity index (χ0) is 14.9. The summed E-state index contributed by atoms with van der Waals surface area (Å²) in [6, 6.07) is 9.69. The molecule has 0 saturated heterocycles. The first-order chi connectivity index (χ1) is 8.73. The van der Waals surface area contributed by atoms with Crippen molar-refractivity contribution in [1.82, 2.24) is 5.32 Å². The highest BCUT2D eigenvalue weighted by atomic mass is 19.4. The van der Waals surface area contributed by atoms with Crippen LogP contribution in [-0.2, 0) is 16.1 Å². The normalized spacial score (nSPS) is 10.3. The molecule has 0 atom stereocenters. The summed E-state index contributed by atoms with van der Waals surface area (Å²) in [6.45, 7) is 0.613. The number of halogens is 3. The van der Waals surface area contributed by atoms with Crippen LogP contribution in [0.2, 0.25) is 0 Å². The molecule has 19 heavy (non-hydrogen) atoms. The van der Waals surface area contributed by atoms with Gasteiger partial charge in [-0.15, -0.1) is 0 Å². The Morgan fingerprint density at radius 3 is 1.95 bits per heavy atom. The van der Waals surface area contributed by atoms with Crippen molar-refractivity contribution in [2.75, 3.05) is 6.54 Å². The summed E-state index contributed by atoms with van der Waals surface area (Å²) in [6.07, 6.45) is -5.08. The van der Waals surface area contributed by atoms with Gasteiger partial charge in [0.15, 0.2) is 0 Å². The molecule has 106 valence electrons. The third-order valence-electron chi connectivity index (χ3n) is 1.69. The van der Waals surface area contributed by atoms with Gasteiger partial charge in [-0.25, -0.2) is 4.79 Å². The first-order valence-electron chi connectivity index (χ1n) is 5.00. The van der Waals surface area contributed by atoms with Gasteiger partial charge in [-0.1, -0.05) is 30.3 Å². The first-order valence-corrected chi connectivity index (χ1v) is 5.00. The lowest BCUT2D eigenvalue weighted by atomic mass is 10.2. The van der Waals surface area contributed by atoms with Crippen LogP contribution in [0.1, 0.15) is 5.56 Å². The Morgan fingerprint density at radius 1 is 1.11 bits per heavy atom. The maximum atomic E-state index is 10.6. The number of aliphatic carboxylic acids is 2. The van der Waals surface area contributed by atoms with E-state index in [1.54, 1.807) is 0 Å². The van der Waals surface area contributed by atoms with Gasteiger partial charge in [-0.05, 0) is 5.56 Å². The van der Waals surface area contributed by atoms with Gasteiger partial charge >= 0.3 is 18.1 Å². The molecule has 1 rings (SSSR count). The van der Waals surface area contributed by atoms with Crippen molar-refractivity contribution >= 4 is 11.9 Å². The molecule has 0 aliphatic carbocycles. The van der Waals surface area contributed by atoms with E-state index in [0.717, 1.165) is 5.56 Å². The Kier molecular flexibility index (Phi) is 7.20. The minimum absolute atomic E-state index is 0.00882. The summed E-state index contributed by atoms with van der Waals surface area (Å²) in [5, 5.41) is 18.3. The Bertz CT molecular complexity index is 406. The van der Waals surface area contributed by atoms with E-state index in [4.69, 9.17) is 15.0 Å². The van der Waals surface area contributed by atoms with Crippen LogP contribution in [0.25, 0.3) is 0 Å². The van der Waals surface area contributed by atoms with Crippen molar-refractivity contribution in [3.8, 4) is 0 Å². The van der Waals surface area contributed by atoms with Crippen LogP contribution in [0.5, 0.6) is 0 Å². The fourth-order valence-electron chi connectivity index (χ4n) is 0.910. The SMILES string of the molecule is O=C(O)C(F)(F)F.O=C(O)CNCc1ccccc1. The fraction of sp³-hybridized carbons (Fsp3) is 0.273. The summed E-state index contributed by atoms with van der Waals surface area (Å²) >= 11 is 0. The quantitative estimate of drug-likeness (QED) is 0.777. The number of carbonyl (C=O) groups is 2. The van der Waals surface area contributed by atoms with E-state index in [1.165, 1.54) is 0 Å². The number of rotatable bonds is 4. The predicted octanol–water partition coefficient (Wildman–Crippen LogP) is 1.49. The average molecular weight is 279 g/mol. The molecule has 0 spiro atoms. The molecule has 1 aromatic rings. The Hall–Kier alpha value is -2.09. The molecular weight excluding hydrogens is 267 g/mol. The van der Waals surface area contributed by atoms with Crippen LogP contribution in [-0.4, -0.2) is 34.9 Å². The standard InChI is InChI=1S/C9H11NO2.C2HF3O2/c11-9(12)7-10-6-8-4-2-1-3-5-8;3-2(4,5)1(6)7/h1-5,10H,6-7H2,(H,11,12);(H,6,7). The summed E-state index contributed by atoms with van der Waals surface area (Å²) < 4.78 is 31.7. The minimum Gasteiger partial charge on any atom is -0.480 e. The van der Waals surface area contributed by atoms with Crippen molar-refractivity contribution in [1.29, 1.82) is 0 Å². The number of benzene rings is 1. The molecule has 0 aliphatic heterocycles. The molecule has 0 bridgehead atoms. The van der Waals surface area contributed by atoms with Crippen LogP contribution in [0.15, 0.2) is 30.3 Å². The second-order valence-electron chi connectivity index (χ2n) is 3.29. The van der Waals surface area contributed by atoms with E-state index in [2.05, 4.69) is 5.32 Å². The molecular formula is C11H12F3NO4. The van der Waals surface area contributed by atoms with Gasteiger partial charge in [0.05, 0.1) is 6.54 Å². The van der Waals surface area contributed by atoms with E-state index in [0.29, 0.717) is 6.54 Å². The Balaban J connectivity index is 0.000000399. The maximum absolute atomic E-state index is 10.6. The molecule has 0 radical (unpaired) electrons. The van der Waals surface area contributed by atoms with Crippen molar-refractivity contribution in [3.63, 3.8) is 0 Å². The van der Waals surface area contributed by atoms with Crippen molar-refractivity contribution in [2.45, 2.75) is 12.7 Å². The summed E-state index contributed by atoms with van der Waals surface area (Å²) in [7, 11) is 0. The Labute approximate surface area is 106 Å². The fourth-order valence-corrected chi connectivity index (χ4v) is 0.910. The average Bonchev–Trinajstić information content (AvgIpc) is 2.29. The van der Waals surface area contributed by atoms with E-state index >= 15 is 0 Å². The van der Waals surface area contributed by atoms with Crippen molar-refractivity contribution in [3.05, 3.63) is 35.9 Å². The van der Waals surface area contributed by atoms with Crippen LogP contribution in [0.3, 0.4) is 0 Å². The highest BCUT2D eigenvalue weighted by Crippen LogP contribution is 2.13. The van der Waals surface area contributed by atoms with Crippen LogP contribution >= 0.6 is 0 Å². The van der Waals surface area contributed by atoms with Crippen molar-refractivity contribution in [2.24, 2.45) is 0 Å². The lowest BCUT2D eigenvalue weighted by molar-refractivity contribution is -0.192. The number of carboxylic acid groups (broad SMARTS) is 2. The third-order valence-corrected chi connectivity index (χ3v) is 1.69. The second kappa shape index (κ2) is 8.09. The molecule has 0 saturated carbocycles. The lowest BCUT2D eigenvalue weighted by Gasteiger charge is -2.00. The molecule has 0 amide bonds. The van der Waals surface area contributed by atoms with Crippen LogP contribution in [0, 0.1) is 0 Å². The van der Waals surface area contributed by atoms with Gasteiger partial charge in [0.25, 0.3) is 0 Å². The molecule has 5 nitrogen and oxygen atoms in total. The smallest absolute Gasteiger partial charge is 0.480 e. The van der Waals surface area contributed by atoms with E-state index in [-0.39, 0.29) is 6.54 Å². The molecule has 1 aromatic carbocycles.